The summed E-state index contributed by atoms with van der Waals surface area (Å²) >= 11 is 0. The van der Waals surface area contributed by atoms with Gasteiger partial charge in [-0.3, -0.25) is 4.57 Å². The molecule has 0 atom stereocenters. The van der Waals surface area contributed by atoms with E-state index in [1.165, 1.54) is 22.8 Å². The molecule has 8 heteroatoms. The third kappa shape index (κ3) is 12.8. The second-order valence-electron chi connectivity index (χ2n) is 28.0. The van der Waals surface area contributed by atoms with Crippen LogP contribution in [0.25, 0.3) is 72.3 Å². The van der Waals surface area contributed by atoms with E-state index in [4.69, 9.17) is 13.8 Å². The summed E-state index contributed by atoms with van der Waals surface area (Å²) in [5.74, 6) is 0.596. The van der Waals surface area contributed by atoms with Gasteiger partial charge in [0.2, 0.25) is 0 Å². The van der Waals surface area contributed by atoms with E-state index in [0.29, 0.717) is 28.5 Å². The Morgan fingerprint density at radius 1 is 0.438 bits per heavy atom. The maximum Gasteiger partial charge on any atom is 0.268 e. The number of aromatic nitrogens is 4. The Balaban J connectivity index is 0.0000152. The van der Waals surface area contributed by atoms with Gasteiger partial charge < -0.3 is 13.9 Å². The number of hydrogen-bond acceptors (Lipinski definition) is 2. The molecule has 0 radical (unpaired) electrons. The molecule has 3 aromatic heterocycles. The first-order chi connectivity index (χ1) is 65.7. The van der Waals surface area contributed by atoms with Crippen molar-refractivity contribution in [3.63, 3.8) is 0 Å². The first-order valence-corrected chi connectivity index (χ1v) is 37.2. The number of aryl methyl sites for hydroxylation is 1. The number of rotatable bonds is 15. The van der Waals surface area contributed by atoms with E-state index < -0.39 is 303 Å². The summed E-state index contributed by atoms with van der Waals surface area (Å²) in [6.45, 7) is 14.4. The number of ether oxygens (including phenoxy) is 1. The number of benzene rings is 13. The molecule has 105 heavy (non-hydrogen) atoms. The maximum absolute atomic E-state index is 11.6. The van der Waals surface area contributed by atoms with Crippen molar-refractivity contribution in [1.82, 2.24) is 14.1 Å². The maximum atomic E-state index is 11.6. The topological polar surface area (TPSA) is 35.9 Å². The van der Waals surface area contributed by atoms with Crippen molar-refractivity contribution in [3.8, 4) is 50.9 Å². The van der Waals surface area contributed by atoms with Crippen LogP contribution >= 0.6 is 0 Å². The van der Waals surface area contributed by atoms with E-state index in [1.54, 1.807) is 30.5 Å². The smallest absolute Gasteiger partial charge is 0.268 e. The standard InChI is InChI=1S/C97H84N4OSi2.Pt/c1-68-57-87(70-33-31-48-84(61-70)103(78-36-17-11-18-37-78,79-38-19-12-20-39-79)80-40-21-13-22-41-80)94(92(58-68)104(81-42-23-14-24-43-81,82-44-25-15-26-45-82)83-46-27-16-28-47-83)100-67-99(91-62-69(51-54-89(91)100)71-59-73(96(5,6)7)63-74(60-71)97(8,9)10)75-34-32-35-76(65-75)102-77-52-53-86-85-49-29-30-50-88(85)101(90(86)66-77)93-64-72(55-56-98-93)95(2,3)4;/h11-64H,1-10H3;/q-2;/i1D3,11D,12D,13D,14D,15D,16D,17D,18D,19D,20D,21D,22D,23D,24D,25D,26D,27D,28D,31D,33D,36D,37D,38D,39D,40D,41D,42D,43D,44D,45D,46D,47D,48D,61D;. The Bertz CT molecular complexity index is 7620. The summed E-state index contributed by atoms with van der Waals surface area (Å²) in [4.78, 5) is 4.85. The molecule has 0 saturated heterocycles. The molecule has 3 heterocycles. The normalized spacial score (nSPS) is 17.3. The van der Waals surface area contributed by atoms with Crippen LogP contribution in [0.3, 0.4) is 0 Å². The summed E-state index contributed by atoms with van der Waals surface area (Å²) in [7, 11) is -14.0. The van der Waals surface area contributed by atoms with Gasteiger partial charge in [-0.2, -0.15) is 18.2 Å². The molecule has 0 unspecified atom stereocenters. The molecule has 0 saturated carbocycles. The van der Waals surface area contributed by atoms with Crippen LogP contribution in [0.2, 0.25) is 0 Å². The van der Waals surface area contributed by atoms with Gasteiger partial charge in [0.25, 0.3) is 6.33 Å². The Labute approximate surface area is 687 Å². The number of pyridine rings is 1. The number of nitrogens with zero attached hydrogens (tertiary/aromatic N) is 4. The average molecular weight is 1610 g/mol. The average Bonchev–Trinajstić information content (AvgIpc) is 0.817. The van der Waals surface area contributed by atoms with E-state index in [-0.39, 0.29) is 54.7 Å². The molecule has 0 spiro atoms. The van der Waals surface area contributed by atoms with Gasteiger partial charge in [-0.15, -0.1) is 29.7 Å². The van der Waals surface area contributed by atoms with E-state index in [0.717, 1.165) is 43.6 Å². The molecule has 5 nitrogen and oxygen atoms in total. The summed E-state index contributed by atoms with van der Waals surface area (Å²) in [6, 6.07) is -7.62. The molecule has 13 aromatic carbocycles. The SMILES string of the molecule is [2H]c1c([2H])c([2H])c([Si](c2cc(C([2H])([2H])[2H])cc(-c3c([2H])c([2H])c([2H])c([Si](c4c([2H])c([2H])c([2H])c([2H])c4[2H])(c4c([2H])c([2H])c([2H])c([2H])c4[2H])c4c([2H])c([2H])c([2H])c([2H])c4[2H])c3[2H])c2-[n+]2[c-]n(-c3[c-]c(Oc4[c-]c5c(cc4)c4ccccc4n5-c4cc(C(C)(C)C)ccn4)ccc3)c3cc(-c4cc(C(C)(C)C)cc(C(C)(C)C)c4)ccc32)(c2c([2H])c([2H])c([2H])c([2H])c2[2H])c2c([2H])c([2H])c([2H])c([2H])c2[2H])c([2H])c1[2H].[Pt]. The van der Waals surface area contributed by atoms with Crippen molar-refractivity contribution in [3.05, 3.63) is 368 Å². The van der Waals surface area contributed by atoms with Crippen molar-refractivity contribution in [2.75, 3.05) is 0 Å². The predicted octanol–water partition coefficient (Wildman–Crippen LogP) is 17.9. The third-order valence-electron chi connectivity index (χ3n) is 18.5. The van der Waals surface area contributed by atoms with Crippen LogP contribution < -0.4 is 50.8 Å². The van der Waals surface area contributed by atoms with Crippen molar-refractivity contribution in [2.24, 2.45) is 0 Å². The quantitative estimate of drug-likeness (QED) is 0.0444. The van der Waals surface area contributed by atoms with Crippen molar-refractivity contribution in [1.29, 1.82) is 0 Å². The zero-order valence-electron chi connectivity index (χ0n) is 95.1. The van der Waals surface area contributed by atoms with Crippen LogP contribution in [0.15, 0.2) is 327 Å². The van der Waals surface area contributed by atoms with Crippen LogP contribution in [0, 0.1) is 25.3 Å². The molecule has 0 N–H and O–H groups in total. The van der Waals surface area contributed by atoms with E-state index in [1.807, 2.05) is 101 Å². The first kappa shape index (κ1) is 38.8. The van der Waals surface area contributed by atoms with Gasteiger partial charge in [0.1, 0.15) is 5.82 Å². The minimum Gasteiger partial charge on any atom is -0.510 e. The molecular weight excluding hydrogens is 1490 g/mol. The van der Waals surface area contributed by atoms with Crippen LogP contribution in [-0.2, 0) is 37.3 Å². The molecule has 16 aromatic rings. The van der Waals surface area contributed by atoms with Crippen molar-refractivity contribution in [2.45, 2.75) is 85.4 Å². The largest absolute Gasteiger partial charge is 0.510 e. The second kappa shape index (κ2) is 28.0. The fraction of sp³-hybridized carbons (Fsp3) is 0.134. The molecule has 518 valence electrons. The number of imidazole rings is 1. The molecule has 0 fully saturated rings. The van der Waals surface area contributed by atoms with Crippen molar-refractivity contribution < 1.29 is 81.1 Å². The zero-order chi connectivity index (χ0) is 104. The molecule has 0 aliphatic rings. The van der Waals surface area contributed by atoms with Crippen LogP contribution in [0.1, 0.15) is 135 Å². The van der Waals surface area contributed by atoms with Gasteiger partial charge in [0.15, 0.2) is 16.1 Å². The first-order valence-electron chi connectivity index (χ1n) is 51.7. The molecule has 16 rings (SSSR count). The summed E-state index contributed by atoms with van der Waals surface area (Å²) in [6.07, 6.45) is 5.05. The minimum atomic E-state index is -7.04. The predicted molar refractivity (Wildman–Crippen MR) is 439 cm³/mol. The number of fused-ring (bicyclic) bond motifs is 4. The third-order valence-corrected chi connectivity index (χ3v) is 26.7. The molecule has 0 aliphatic heterocycles. The fourth-order valence-electron chi connectivity index (χ4n) is 13.4. The van der Waals surface area contributed by atoms with E-state index in [2.05, 4.69) is 45.3 Å². The van der Waals surface area contributed by atoms with Gasteiger partial charge in [0, 0.05) is 48.4 Å². The molecular formula is C97H84N4OPtSi2-2. The monoisotopic (exact) mass is 1610 g/mol. The number of para-hydroxylation sites is 1. The Hall–Kier alpha value is -10.8. The Kier molecular flexibility index (Phi) is 10.4. The van der Waals surface area contributed by atoms with E-state index in [9.17, 15) is 46.6 Å². The van der Waals surface area contributed by atoms with Crippen LogP contribution in [0.4, 0.5) is 0 Å². The van der Waals surface area contributed by atoms with Crippen LogP contribution in [0.5, 0.6) is 11.5 Å². The molecule has 0 aliphatic carbocycles. The van der Waals surface area contributed by atoms with Gasteiger partial charge in [-0.1, -0.05) is 339 Å². The molecule has 0 amide bonds. The van der Waals surface area contributed by atoms with Gasteiger partial charge >= 0.3 is 0 Å². The van der Waals surface area contributed by atoms with Gasteiger partial charge in [-0.05, 0) is 139 Å². The van der Waals surface area contributed by atoms with Gasteiger partial charge in [-0.25, -0.2) is 4.98 Å². The summed E-state index contributed by atoms with van der Waals surface area (Å²) in [5.41, 5.74) is -1.45. The zero-order valence-corrected chi connectivity index (χ0v) is 62.3. The number of hydrogen-bond donors (Lipinski definition) is 0. The molecule has 0 bridgehead atoms. The summed E-state index contributed by atoms with van der Waals surface area (Å²) < 4.78 is 378. The van der Waals surface area contributed by atoms with Gasteiger partial charge in [0.05, 0.1) is 63.3 Å². The van der Waals surface area contributed by atoms with Crippen molar-refractivity contribution >= 4 is 90.5 Å². The minimum absolute atomic E-state index is 0. The Morgan fingerprint density at radius 3 is 1.52 bits per heavy atom. The Morgan fingerprint density at radius 2 is 0.971 bits per heavy atom. The second-order valence-corrected chi connectivity index (χ2v) is 35.1. The summed E-state index contributed by atoms with van der Waals surface area (Å²) in [5, 5.41) is -8.65. The fourth-order valence-corrected chi connectivity index (χ4v) is 21.0. The van der Waals surface area contributed by atoms with Crippen LogP contribution in [-0.4, -0.2) is 30.3 Å². The van der Waals surface area contributed by atoms with E-state index >= 15 is 0 Å².